The lowest BCUT2D eigenvalue weighted by molar-refractivity contribution is 0.386. The highest BCUT2D eigenvalue weighted by atomic mass is 32.2. The van der Waals surface area contributed by atoms with E-state index in [1.54, 1.807) is 13.0 Å². The summed E-state index contributed by atoms with van der Waals surface area (Å²) in [5.41, 5.74) is 2.79. The van der Waals surface area contributed by atoms with Crippen LogP contribution >= 0.6 is 0 Å². The first-order valence-electron chi connectivity index (χ1n) is 6.75. The van der Waals surface area contributed by atoms with Crippen LogP contribution in [-0.2, 0) is 23.0 Å². The molecule has 1 aromatic heterocycles. The Kier molecular flexibility index (Phi) is 3.26. The van der Waals surface area contributed by atoms with E-state index in [2.05, 4.69) is 10.2 Å². The van der Waals surface area contributed by atoms with Crippen LogP contribution in [0.25, 0.3) is 0 Å². The summed E-state index contributed by atoms with van der Waals surface area (Å²) >= 11 is 0. The minimum atomic E-state index is -3.55. The Labute approximate surface area is 122 Å². The van der Waals surface area contributed by atoms with Gasteiger partial charge in [0.15, 0.2) is 0 Å². The summed E-state index contributed by atoms with van der Waals surface area (Å²) in [6.45, 7) is 4.18. The van der Waals surface area contributed by atoms with E-state index >= 15 is 0 Å². The lowest BCUT2D eigenvalue weighted by Gasteiger charge is -2.26. The van der Waals surface area contributed by atoms with Crippen LogP contribution in [0.5, 0.6) is 0 Å². The minimum absolute atomic E-state index is 0.159. The molecule has 2 aromatic rings. The Morgan fingerprint density at radius 1 is 1.19 bits per heavy atom. The number of sulfonamides is 1. The van der Waals surface area contributed by atoms with Crippen molar-refractivity contribution in [2.75, 3.05) is 6.54 Å². The molecule has 7 heteroatoms. The summed E-state index contributed by atoms with van der Waals surface area (Å²) in [5, 5.41) is 5.27. The molecule has 2 heterocycles. The van der Waals surface area contributed by atoms with Gasteiger partial charge < -0.3 is 5.10 Å². The summed E-state index contributed by atoms with van der Waals surface area (Å²) < 4.78 is 27.0. The fraction of sp³-hybridized carbons (Fsp3) is 0.357. The van der Waals surface area contributed by atoms with Crippen LogP contribution < -0.4 is 5.56 Å². The normalized spacial score (nSPS) is 15.9. The Balaban J connectivity index is 2.00. The van der Waals surface area contributed by atoms with E-state index < -0.39 is 10.0 Å². The second-order valence-electron chi connectivity index (χ2n) is 5.39. The maximum atomic E-state index is 12.8. The molecule has 0 saturated carbocycles. The molecule has 0 amide bonds. The number of H-pyrrole nitrogens is 2. The van der Waals surface area contributed by atoms with Gasteiger partial charge in [-0.2, -0.15) is 4.31 Å². The van der Waals surface area contributed by atoms with Gasteiger partial charge in [0.25, 0.3) is 5.56 Å². The average Bonchev–Trinajstić information content (AvgIpc) is 2.82. The number of nitrogens with zero attached hydrogens (tertiary/aromatic N) is 1. The topological polar surface area (TPSA) is 86.0 Å². The van der Waals surface area contributed by atoms with Crippen molar-refractivity contribution in [2.45, 2.75) is 31.7 Å². The molecule has 0 saturated heterocycles. The van der Waals surface area contributed by atoms with Crippen LogP contribution in [0.3, 0.4) is 0 Å². The highest BCUT2D eigenvalue weighted by Crippen LogP contribution is 2.25. The molecule has 0 fully saturated rings. The van der Waals surface area contributed by atoms with Crippen LogP contribution in [-0.4, -0.2) is 29.5 Å². The molecule has 2 N–H and O–H groups in total. The molecule has 0 atom stereocenters. The summed E-state index contributed by atoms with van der Waals surface area (Å²) in [5.74, 6) is 0. The van der Waals surface area contributed by atoms with Crippen LogP contribution in [0.2, 0.25) is 0 Å². The molecular weight excluding hydrogens is 290 g/mol. The molecule has 0 spiro atoms. The molecule has 3 rings (SSSR count). The first kappa shape index (κ1) is 14.1. The van der Waals surface area contributed by atoms with E-state index in [1.165, 1.54) is 4.31 Å². The van der Waals surface area contributed by atoms with Crippen LogP contribution in [0.4, 0.5) is 0 Å². The number of nitrogens with one attached hydrogen (secondary N) is 2. The summed E-state index contributed by atoms with van der Waals surface area (Å²) in [6, 6.07) is 5.40. The van der Waals surface area contributed by atoms with Gasteiger partial charge in [-0.3, -0.25) is 9.89 Å². The minimum Gasteiger partial charge on any atom is -0.301 e. The number of benzene rings is 1. The van der Waals surface area contributed by atoms with Crippen molar-refractivity contribution in [1.82, 2.24) is 14.5 Å². The van der Waals surface area contributed by atoms with Crippen molar-refractivity contribution in [3.05, 3.63) is 50.9 Å². The van der Waals surface area contributed by atoms with Gasteiger partial charge in [0.05, 0.1) is 17.1 Å². The van der Waals surface area contributed by atoms with E-state index in [1.807, 2.05) is 19.1 Å². The second-order valence-corrected chi connectivity index (χ2v) is 7.30. The second kappa shape index (κ2) is 4.85. The third-order valence-electron chi connectivity index (χ3n) is 3.87. The Morgan fingerprint density at radius 3 is 2.71 bits per heavy atom. The van der Waals surface area contributed by atoms with Crippen molar-refractivity contribution in [2.24, 2.45) is 0 Å². The van der Waals surface area contributed by atoms with E-state index in [0.717, 1.165) is 11.1 Å². The molecule has 21 heavy (non-hydrogen) atoms. The van der Waals surface area contributed by atoms with E-state index in [-0.39, 0.29) is 12.1 Å². The standard InChI is InChI=1S/C14H17N3O3S/c1-9-3-4-10(2)13(7-9)21(19,20)17-6-5-11-12(8-17)15-16-14(11)18/h3-4,7H,5-6,8H2,1-2H3,(H2,15,16,18). The predicted octanol–water partition coefficient (Wildman–Crippen LogP) is 1.07. The lowest BCUT2D eigenvalue weighted by atomic mass is 10.1. The van der Waals surface area contributed by atoms with Gasteiger partial charge in [-0.1, -0.05) is 12.1 Å². The zero-order valence-electron chi connectivity index (χ0n) is 11.9. The zero-order valence-corrected chi connectivity index (χ0v) is 12.8. The average molecular weight is 307 g/mol. The van der Waals surface area contributed by atoms with Crippen molar-refractivity contribution < 1.29 is 8.42 Å². The maximum absolute atomic E-state index is 12.8. The van der Waals surface area contributed by atoms with Gasteiger partial charge >= 0.3 is 0 Å². The SMILES string of the molecule is Cc1ccc(C)c(S(=O)(=O)N2CCc3c([nH][nH]c3=O)C2)c1. The zero-order chi connectivity index (χ0) is 15.2. The number of rotatable bonds is 2. The van der Waals surface area contributed by atoms with Crippen molar-refractivity contribution >= 4 is 10.0 Å². The molecule has 1 aromatic carbocycles. The molecule has 112 valence electrons. The smallest absolute Gasteiger partial charge is 0.267 e. The van der Waals surface area contributed by atoms with Crippen molar-refractivity contribution in [3.8, 4) is 0 Å². The van der Waals surface area contributed by atoms with Gasteiger partial charge in [-0.25, -0.2) is 8.42 Å². The van der Waals surface area contributed by atoms with Crippen LogP contribution in [0.15, 0.2) is 27.9 Å². The van der Waals surface area contributed by atoms with E-state index in [0.29, 0.717) is 29.1 Å². The third kappa shape index (κ3) is 2.32. The Hall–Kier alpha value is -1.86. The third-order valence-corrected chi connectivity index (χ3v) is 5.86. The molecular formula is C14H17N3O3S. The Morgan fingerprint density at radius 2 is 1.95 bits per heavy atom. The fourth-order valence-corrected chi connectivity index (χ4v) is 4.36. The van der Waals surface area contributed by atoms with E-state index in [4.69, 9.17) is 0 Å². The van der Waals surface area contributed by atoms with Gasteiger partial charge in [0.2, 0.25) is 10.0 Å². The lowest BCUT2D eigenvalue weighted by Crippen LogP contribution is -2.37. The van der Waals surface area contributed by atoms with Gasteiger partial charge in [-0.15, -0.1) is 0 Å². The first-order valence-corrected chi connectivity index (χ1v) is 8.19. The summed E-state index contributed by atoms with van der Waals surface area (Å²) in [6.07, 6.45) is 0.429. The molecule has 0 aliphatic carbocycles. The number of fused-ring (bicyclic) bond motifs is 1. The van der Waals surface area contributed by atoms with Crippen LogP contribution in [0, 0.1) is 13.8 Å². The van der Waals surface area contributed by atoms with Crippen molar-refractivity contribution in [3.63, 3.8) is 0 Å². The molecule has 0 unspecified atom stereocenters. The first-order chi connectivity index (χ1) is 9.89. The largest absolute Gasteiger partial charge is 0.301 e. The number of aryl methyl sites for hydroxylation is 2. The van der Waals surface area contributed by atoms with Gasteiger partial charge in [-0.05, 0) is 37.5 Å². The maximum Gasteiger partial charge on any atom is 0.267 e. The van der Waals surface area contributed by atoms with Gasteiger partial charge in [0.1, 0.15) is 0 Å². The molecule has 1 aliphatic heterocycles. The number of hydrogen-bond donors (Lipinski definition) is 2. The van der Waals surface area contributed by atoms with Crippen LogP contribution in [0.1, 0.15) is 22.4 Å². The number of aromatic amines is 2. The molecule has 0 bridgehead atoms. The Bertz CT molecular complexity index is 849. The molecule has 6 nitrogen and oxygen atoms in total. The highest BCUT2D eigenvalue weighted by Gasteiger charge is 2.31. The monoisotopic (exact) mass is 307 g/mol. The number of hydrogen-bond acceptors (Lipinski definition) is 3. The quantitative estimate of drug-likeness (QED) is 0.870. The predicted molar refractivity (Wildman–Crippen MR) is 78.6 cm³/mol. The molecule has 0 radical (unpaired) electrons. The van der Waals surface area contributed by atoms with Gasteiger partial charge in [0, 0.05) is 12.1 Å². The highest BCUT2D eigenvalue weighted by molar-refractivity contribution is 7.89. The number of aromatic nitrogens is 2. The fourth-order valence-electron chi connectivity index (χ4n) is 2.64. The summed E-state index contributed by atoms with van der Waals surface area (Å²) in [7, 11) is -3.55. The van der Waals surface area contributed by atoms with E-state index in [9.17, 15) is 13.2 Å². The summed E-state index contributed by atoms with van der Waals surface area (Å²) in [4.78, 5) is 11.9. The van der Waals surface area contributed by atoms with Crippen molar-refractivity contribution in [1.29, 1.82) is 0 Å². The molecule has 1 aliphatic rings.